The van der Waals surface area contributed by atoms with Crippen LogP contribution in [-0.2, 0) is 0 Å². The van der Waals surface area contributed by atoms with Gasteiger partial charge in [-0.05, 0) is 31.2 Å². The molecule has 1 N–H and O–H groups in total. The number of phenolic OH excluding ortho intramolecular Hbond substituents is 1. The fourth-order valence-corrected chi connectivity index (χ4v) is 2.11. The lowest BCUT2D eigenvalue weighted by atomic mass is 10.2. The molecule has 0 aromatic heterocycles. The molecule has 98 valence electrons. The minimum atomic E-state index is -0.663. The number of carbonyl (C=O) groups excluding carboxylic acids is 1. The van der Waals surface area contributed by atoms with Crippen LogP contribution >= 0.6 is 23.2 Å². The molecule has 0 saturated heterocycles. The molecule has 0 bridgehead atoms. The Morgan fingerprint density at radius 3 is 2.32 bits per heavy atom. The normalized spacial score (nSPS) is 10.3. The number of halogens is 2. The van der Waals surface area contributed by atoms with Crippen molar-refractivity contribution in [2.75, 3.05) is 0 Å². The van der Waals surface area contributed by atoms with Gasteiger partial charge in [-0.15, -0.1) is 0 Å². The van der Waals surface area contributed by atoms with Crippen molar-refractivity contribution in [2.45, 2.75) is 6.92 Å². The molecule has 0 amide bonds. The van der Waals surface area contributed by atoms with Crippen molar-refractivity contribution < 1.29 is 14.6 Å². The molecule has 0 aliphatic carbocycles. The predicted octanol–water partition coefficient (Wildman–Crippen LogP) is 4.23. The van der Waals surface area contributed by atoms with Crippen LogP contribution in [0, 0.1) is 6.92 Å². The molecule has 0 radical (unpaired) electrons. The van der Waals surface area contributed by atoms with Gasteiger partial charge in [-0.1, -0.05) is 35.3 Å². The standard InChI is InChI=1S/C14H10Cl2O3/c1-8-11(17)6-3-7-12(8)19-14(18)13-9(15)4-2-5-10(13)16/h2-7,17H,1H3. The summed E-state index contributed by atoms with van der Waals surface area (Å²) < 4.78 is 5.21. The SMILES string of the molecule is Cc1c(O)cccc1OC(=O)c1c(Cl)cccc1Cl. The first-order valence-corrected chi connectivity index (χ1v) is 6.21. The first kappa shape index (κ1) is 13.7. The van der Waals surface area contributed by atoms with Gasteiger partial charge in [0, 0.05) is 5.56 Å². The minimum Gasteiger partial charge on any atom is -0.508 e. The Morgan fingerprint density at radius 1 is 1.11 bits per heavy atom. The van der Waals surface area contributed by atoms with Gasteiger partial charge < -0.3 is 9.84 Å². The Balaban J connectivity index is 2.34. The third-order valence-electron chi connectivity index (χ3n) is 2.63. The summed E-state index contributed by atoms with van der Waals surface area (Å²) >= 11 is 11.9. The van der Waals surface area contributed by atoms with E-state index in [9.17, 15) is 9.90 Å². The summed E-state index contributed by atoms with van der Waals surface area (Å²) in [6.45, 7) is 1.64. The molecule has 19 heavy (non-hydrogen) atoms. The van der Waals surface area contributed by atoms with Gasteiger partial charge in [0.1, 0.15) is 11.5 Å². The number of ether oxygens (including phenoxy) is 1. The molecule has 0 aliphatic rings. The molecule has 2 aromatic rings. The van der Waals surface area contributed by atoms with Crippen LogP contribution in [0.5, 0.6) is 11.5 Å². The van der Waals surface area contributed by atoms with Crippen LogP contribution in [0.2, 0.25) is 10.0 Å². The second-order valence-electron chi connectivity index (χ2n) is 3.89. The molecule has 0 spiro atoms. The first-order valence-electron chi connectivity index (χ1n) is 5.45. The number of hydrogen-bond donors (Lipinski definition) is 1. The smallest absolute Gasteiger partial charge is 0.346 e. The lowest BCUT2D eigenvalue weighted by Gasteiger charge is -2.10. The van der Waals surface area contributed by atoms with E-state index in [-0.39, 0.29) is 27.1 Å². The van der Waals surface area contributed by atoms with Crippen LogP contribution in [0.3, 0.4) is 0 Å². The van der Waals surface area contributed by atoms with Crippen molar-refractivity contribution in [3.05, 3.63) is 57.6 Å². The molecule has 0 saturated carbocycles. The first-order chi connectivity index (χ1) is 9.00. The van der Waals surface area contributed by atoms with Crippen LogP contribution in [-0.4, -0.2) is 11.1 Å². The third kappa shape index (κ3) is 2.83. The highest BCUT2D eigenvalue weighted by molar-refractivity contribution is 6.39. The number of aromatic hydroxyl groups is 1. The zero-order chi connectivity index (χ0) is 14.0. The lowest BCUT2D eigenvalue weighted by Crippen LogP contribution is -2.10. The average Bonchev–Trinajstić information content (AvgIpc) is 2.35. The van der Waals surface area contributed by atoms with Crippen molar-refractivity contribution in [1.82, 2.24) is 0 Å². The van der Waals surface area contributed by atoms with Crippen LogP contribution in [0.15, 0.2) is 36.4 Å². The maximum Gasteiger partial charge on any atom is 0.346 e. The zero-order valence-electron chi connectivity index (χ0n) is 9.98. The summed E-state index contributed by atoms with van der Waals surface area (Å²) in [5.41, 5.74) is 0.576. The summed E-state index contributed by atoms with van der Waals surface area (Å²) in [4.78, 5) is 12.0. The van der Waals surface area contributed by atoms with Gasteiger partial charge in [-0.25, -0.2) is 4.79 Å². The largest absolute Gasteiger partial charge is 0.508 e. The average molecular weight is 297 g/mol. The molecule has 2 aromatic carbocycles. The molecule has 0 fully saturated rings. The highest BCUT2D eigenvalue weighted by Crippen LogP contribution is 2.29. The monoisotopic (exact) mass is 296 g/mol. The molecular weight excluding hydrogens is 287 g/mol. The Hall–Kier alpha value is -1.71. The van der Waals surface area contributed by atoms with Crippen LogP contribution in [0.1, 0.15) is 15.9 Å². The quantitative estimate of drug-likeness (QED) is 0.666. The maximum atomic E-state index is 12.0. The van der Waals surface area contributed by atoms with E-state index in [1.54, 1.807) is 37.3 Å². The van der Waals surface area contributed by atoms with E-state index in [0.717, 1.165) is 0 Å². The van der Waals surface area contributed by atoms with Gasteiger partial charge in [0.15, 0.2) is 0 Å². The van der Waals surface area contributed by atoms with Crippen molar-refractivity contribution in [1.29, 1.82) is 0 Å². The zero-order valence-corrected chi connectivity index (χ0v) is 11.5. The molecule has 0 atom stereocenters. The summed E-state index contributed by atoms with van der Waals surface area (Å²) in [6.07, 6.45) is 0. The van der Waals surface area contributed by atoms with E-state index in [0.29, 0.717) is 5.56 Å². The molecule has 0 aliphatic heterocycles. The van der Waals surface area contributed by atoms with Crippen molar-refractivity contribution >= 4 is 29.2 Å². The number of rotatable bonds is 2. The fourth-order valence-electron chi connectivity index (χ4n) is 1.56. The predicted molar refractivity (Wildman–Crippen MR) is 74.3 cm³/mol. The van der Waals surface area contributed by atoms with Gasteiger partial charge in [-0.2, -0.15) is 0 Å². The number of carbonyl (C=O) groups is 1. The van der Waals surface area contributed by atoms with Crippen LogP contribution < -0.4 is 4.74 Å². The van der Waals surface area contributed by atoms with E-state index >= 15 is 0 Å². The number of benzene rings is 2. The molecule has 2 rings (SSSR count). The van der Waals surface area contributed by atoms with Gasteiger partial charge in [0.2, 0.25) is 0 Å². The fraction of sp³-hybridized carbons (Fsp3) is 0.0714. The van der Waals surface area contributed by atoms with Gasteiger partial charge in [0.05, 0.1) is 15.6 Å². The minimum absolute atomic E-state index is 0.0514. The number of phenols is 1. The van der Waals surface area contributed by atoms with Crippen LogP contribution in [0.25, 0.3) is 0 Å². The van der Waals surface area contributed by atoms with Gasteiger partial charge in [-0.3, -0.25) is 0 Å². The lowest BCUT2D eigenvalue weighted by molar-refractivity contribution is 0.0733. The van der Waals surface area contributed by atoms with Crippen molar-refractivity contribution in [2.24, 2.45) is 0 Å². The Kier molecular flexibility index (Phi) is 3.98. The Bertz CT molecular complexity index is 618. The maximum absolute atomic E-state index is 12.0. The van der Waals surface area contributed by atoms with E-state index in [1.807, 2.05) is 0 Å². The van der Waals surface area contributed by atoms with Gasteiger partial charge in [0.25, 0.3) is 0 Å². The second-order valence-corrected chi connectivity index (χ2v) is 4.70. The highest BCUT2D eigenvalue weighted by Gasteiger charge is 2.18. The molecule has 0 unspecified atom stereocenters. The molecule has 5 heteroatoms. The van der Waals surface area contributed by atoms with E-state index < -0.39 is 5.97 Å². The summed E-state index contributed by atoms with van der Waals surface area (Å²) in [6, 6.07) is 9.42. The van der Waals surface area contributed by atoms with Crippen molar-refractivity contribution in [3.8, 4) is 11.5 Å². The Labute approximate surface area is 120 Å². The highest BCUT2D eigenvalue weighted by atomic mass is 35.5. The summed E-state index contributed by atoms with van der Waals surface area (Å²) in [7, 11) is 0. The second kappa shape index (κ2) is 5.51. The molecular formula is C14H10Cl2O3. The number of hydrogen-bond acceptors (Lipinski definition) is 3. The van der Waals surface area contributed by atoms with Gasteiger partial charge >= 0.3 is 5.97 Å². The molecule has 3 nitrogen and oxygen atoms in total. The molecule has 0 heterocycles. The third-order valence-corrected chi connectivity index (χ3v) is 3.25. The topological polar surface area (TPSA) is 46.5 Å². The van der Waals surface area contributed by atoms with Crippen molar-refractivity contribution in [3.63, 3.8) is 0 Å². The van der Waals surface area contributed by atoms with E-state index in [4.69, 9.17) is 27.9 Å². The van der Waals surface area contributed by atoms with E-state index in [1.165, 1.54) is 6.07 Å². The van der Waals surface area contributed by atoms with E-state index in [2.05, 4.69) is 0 Å². The Morgan fingerprint density at radius 2 is 1.68 bits per heavy atom. The van der Waals surface area contributed by atoms with Crippen LogP contribution in [0.4, 0.5) is 0 Å². The summed E-state index contributed by atoms with van der Waals surface area (Å²) in [5.74, 6) is -0.346. The summed E-state index contributed by atoms with van der Waals surface area (Å²) in [5, 5.41) is 9.99. The number of esters is 1.